The fourth-order valence-corrected chi connectivity index (χ4v) is 3.92. The molecule has 1 saturated carbocycles. The van der Waals surface area contributed by atoms with Gasteiger partial charge in [-0.1, -0.05) is 43.1 Å². The summed E-state index contributed by atoms with van der Waals surface area (Å²) in [6.07, 6.45) is 4.72. The van der Waals surface area contributed by atoms with Crippen molar-refractivity contribution in [2.24, 2.45) is 5.92 Å². The third-order valence-electron chi connectivity index (χ3n) is 4.81. The third kappa shape index (κ3) is 5.87. The summed E-state index contributed by atoms with van der Waals surface area (Å²) in [5, 5.41) is 11.4. The van der Waals surface area contributed by atoms with Crippen LogP contribution in [0.15, 0.2) is 23.4 Å². The van der Waals surface area contributed by atoms with Gasteiger partial charge in [-0.15, -0.1) is 5.10 Å². The molecule has 146 valence electrons. The van der Waals surface area contributed by atoms with Crippen molar-refractivity contribution in [3.05, 3.63) is 34.6 Å². The minimum absolute atomic E-state index is 0.0398. The van der Waals surface area contributed by atoms with Gasteiger partial charge in [0.2, 0.25) is 11.1 Å². The number of rotatable bonds is 7. The Labute approximate surface area is 168 Å². The smallest absolute Gasteiger partial charge is 0.230 e. The van der Waals surface area contributed by atoms with Crippen LogP contribution in [0.3, 0.4) is 0 Å². The van der Waals surface area contributed by atoms with E-state index in [1.165, 1.54) is 31.0 Å². The molecule has 1 aromatic carbocycles. The number of hydrogen-bond donors (Lipinski definition) is 2. The maximum absolute atomic E-state index is 12.2. The molecule has 2 aromatic rings. The Bertz CT molecular complexity index is 783. The van der Waals surface area contributed by atoms with Gasteiger partial charge >= 0.3 is 0 Å². The molecular formula is C19H25ClN4O2S. The first kappa shape index (κ1) is 20.0. The van der Waals surface area contributed by atoms with Gasteiger partial charge in [0.15, 0.2) is 5.82 Å². The number of carbonyl (C=O) groups excluding carboxylic acids is 1. The number of thioether (sulfide) groups is 1. The van der Waals surface area contributed by atoms with Crippen molar-refractivity contribution in [1.29, 1.82) is 0 Å². The predicted octanol–water partition coefficient (Wildman–Crippen LogP) is 4.13. The maximum Gasteiger partial charge on any atom is 0.230 e. The molecule has 0 unspecified atom stereocenters. The summed E-state index contributed by atoms with van der Waals surface area (Å²) in [6.45, 7) is 4.42. The Morgan fingerprint density at radius 2 is 2.22 bits per heavy atom. The largest absolute Gasteiger partial charge is 0.486 e. The second-order valence-corrected chi connectivity index (χ2v) is 8.34. The molecule has 0 bridgehead atoms. The number of ether oxygens (including phenoxy) is 1. The summed E-state index contributed by atoms with van der Waals surface area (Å²) in [7, 11) is 0. The monoisotopic (exact) mass is 408 g/mol. The number of halogens is 1. The second-order valence-electron chi connectivity index (χ2n) is 6.99. The van der Waals surface area contributed by atoms with E-state index in [1.807, 2.05) is 19.1 Å². The highest BCUT2D eigenvalue weighted by atomic mass is 35.5. The zero-order valence-electron chi connectivity index (χ0n) is 15.6. The molecule has 1 aliphatic carbocycles. The van der Waals surface area contributed by atoms with Gasteiger partial charge in [0, 0.05) is 11.1 Å². The minimum Gasteiger partial charge on any atom is -0.486 e. The van der Waals surface area contributed by atoms with E-state index in [2.05, 4.69) is 27.4 Å². The van der Waals surface area contributed by atoms with E-state index in [0.717, 1.165) is 17.7 Å². The molecule has 27 heavy (non-hydrogen) atoms. The first-order chi connectivity index (χ1) is 13.0. The number of aromatic amines is 1. The molecule has 1 amide bonds. The number of carbonyl (C=O) groups is 1. The third-order valence-corrected chi connectivity index (χ3v) is 6.08. The van der Waals surface area contributed by atoms with Crippen molar-refractivity contribution in [3.63, 3.8) is 0 Å². The zero-order valence-corrected chi connectivity index (χ0v) is 17.2. The van der Waals surface area contributed by atoms with Gasteiger partial charge in [0.05, 0.1) is 5.75 Å². The van der Waals surface area contributed by atoms with E-state index < -0.39 is 0 Å². The van der Waals surface area contributed by atoms with E-state index >= 15 is 0 Å². The molecule has 1 heterocycles. The van der Waals surface area contributed by atoms with Gasteiger partial charge in [0.1, 0.15) is 12.4 Å². The SMILES string of the molecule is Cc1cc(OCc2nc(SCC(=O)N[C@@H]3CCCC[C@@H]3C)n[nH]2)ccc1Cl. The molecule has 8 heteroatoms. The Morgan fingerprint density at radius 3 is 3.00 bits per heavy atom. The highest BCUT2D eigenvalue weighted by molar-refractivity contribution is 7.99. The van der Waals surface area contributed by atoms with Gasteiger partial charge in [-0.25, -0.2) is 4.98 Å². The lowest BCUT2D eigenvalue weighted by atomic mass is 9.86. The Balaban J connectivity index is 1.43. The summed E-state index contributed by atoms with van der Waals surface area (Å²) >= 11 is 7.34. The van der Waals surface area contributed by atoms with E-state index in [9.17, 15) is 4.79 Å². The van der Waals surface area contributed by atoms with Crippen LogP contribution in [0.5, 0.6) is 5.75 Å². The van der Waals surface area contributed by atoms with Gasteiger partial charge in [-0.05, 0) is 49.4 Å². The number of benzene rings is 1. The van der Waals surface area contributed by atoms with Crippen molar-refractivity contribution in [1.82, 2.24) is 20.5 Å². The summed E-state index contributed by atoms with van der Waals surface area (Å²) in [5.41, 5.74) is 0.960. The number of nitrogens with one attached hydrogen (secondary N) is 2. The van der Waals surface area contributed by atoms with Crippen molar-refractivity contribution < 1.29 is 9.53 Å². The fourth-order valence-electron chi connectivity index (χ4n) is 3.17. The molecular weight excluding hydrogens is 384 g/mol. The molecule has 6 nitrogen and oxygen atoms in total. The van der Waals surface area contributed by atoms with Crippen LogP contribution in [0, 0.1) is 12.8 Å². The molecule has 2 N–H and O–H groups in total. The van der Waals surface area contributed by atoms with Crippen molar-refractivity contribution in [3.8, 4) is 5.75 Å². The number of nitrogens with zero attached hydrogens (tertiary/aromatic N) is 2. The highest BCUT2D eigenvalue weighted by Gasteiger charge is 2.22. The van der Waals surface area contributed by atoms with Crippen LogP contribution in [0.1, 0.15) is 44.0 Å². The predicted molar refractivity (Wildman–Crippen MR) is 107 cm³/mol. The molecule has 0 aliphatic heterocycles. The van der Waals surface area contributed by atoms with Crippen molar-refractivity contribution in [2.75, 3.05) is 5.75 Å². The quantitative estimate of drug-likeness (QED) is 0.673. The van der Waals surface area contributed by atoms with Crippen LogP contribution in [0.2, 0.25) is 5.02 Å². The highest BCUT2D eigenvalue weighted by Crippen LogP contribution is 2.24. The van der Waals surface area contributed by atoms with Crippen LogP contribution in [0.25, 0.3) is 0 Å². The molecule has 1 fully saturated rings. The topological polar surface area (TPSA) is 79.9 Å². The second kappa shape index (κ2) is 9.46. The summed E-state index contributed by atoms with van der Waals surface area (Å²) in [5.74, 6) is 2.25. The minimum atomic E-state index is 0.0398. The lowest BCUT2D eigenvalue weighted by Crippen LogP contribution is -2.41. The summed E-state index contributed by atoms with van der Waals surface area (Å²) < 4.78 is 5.70. The molecule has 3 rings (SSSR count). The standard InChI is InChI=1S/C19H25ClN4O2S/c1-12-5-3-4-6-16(12)21-18(25)11-27-19-22-17(23-24-19)10-26-14-7-8-15(20)13(2)9-14/h7-9,12,16H,3-6,10-11H2,1-2H3,(H,21,25)(H,22,23,24)/t12-,16+/m0/s1. The molecule has 0 saturated heterocycles. The lowest BCUT2D eigenvalue weighted by Gasteiger charge is -2.29. The number of H-pyrrole nitrogens is 1. The van der Waals surface area contributed by atoms with Crippen LogP contribution >= 0.6 is 23.4 Å². The Kier molecular flexibility index (Phi) is 7.01. The zero-order chi connectivity index (χ0) is 19.2. The number of aromatic nitrogens is 3. The number of amides is 1. The Hall–Kier alpha value is -1.73. The number of hydrogen-bond acceptors (Lipinski definition) is 5. The molecule has 0 spiro atoms. The van der Waals surface area contributed by atoms with Crippen molar-refractivity contribution >= 4 is 29.3 Å². The molecule has 1 aliphatic rings. The molecule has 1 aromatic heterocycles. The van der Waals surface area contributed by atoms with E-state index in [1.54, 1.807) is 6.07 Å². The van der Waals surface area contributed by atoms with Crippen LogP contribution in [-0.2, 0) is 11.4 Å². The van der Waals surface area contributed by atoms with Gasteiger partial charge in [-0.2, -0.15) is 0 Å². The normalized spacial score (nSPS) is 19.7. The van der Waals surface area contributed by atoms with Crippen molar-refractivity contribution in [2.45, 2.75) is 57.3 Å². The Morgan fingerprint density at radius 1 is 1.41 bits per heavy atom. The first-order valence-electron chi connectivity index (χ1n) is 9.23. The lowest BCUT2D eigenvalue weighted by molar-refractivity contribution is -0.119. The van der Waals surface area contributed by atoms with Crippen LogP contribution in [-0.4, -0.2) is 32.9 Å². The van der Waals surface area contributed by atoms with Crippen LogP contribution < -0.4 is 10.1 Å². The fraction of sp³-hybridized carbons (Fsp3) is 0.526. The first-order valence-corrected chi connectivity index (χ1v) is 10.6. The van der Waals surface area contributed by atoms with E-state index in [4.69, 9.17) is 16.3 Å². The summed E-state index contributed by atoms with van der Waals surface area (Å²) in [6, 6.07) is 5.80. The maximum atomic E-state index is 12.2. The summed E-state index contributed by atoms with van der Waals surface area (Å²) in [4.78, 5) is 16.5. The van der Waals surface area contributed by atoms with Gasteiger partial charge < -0.3 is 10.1 Å². The van der Waals surface area contributed by atoms with Gasteiger partial charge in [0.25, 0.3) is 0 Å². The molecule has 2 atom stereocenters. The van der Waals surface area contributed by atoms with Gasteiger partial charge in [-0.3, -0.25) is 9.89 Å². The van der Waals surface area contributed by atoms with Crippen LogP contribution in [0.4, 0.5) is 0 Å². The number of aryl methyl sites for hydroxylation is 1. The van der Waals surface area contributed by atoms with E-state index in [0.29, 0.717) is 33.7 Å². The molecule has 0 radical (unpaired) electrons. The van der Waals surface area contributed by atoms with E-state index in [-0.39, 0.29) is 12.5 Å². The average molecular weight is 409 g/mol. The average Bonchev–Trinajstić information content (AvgIpc) is 3.11.